The molecule has 0 bridgehead atoms. The van der Waals surface area contributed by atoms with Gasteiger partial charge in [-0.3, -0.25) is 0 Å². The first-order chi connectivity index (χ1) is 13.6. The number of benzene rings is 2. The molecule has 1 saturated carbocycles. The van der Waals surface area contributed by atoms with Gasteiger partial charge in [-0.25, -0.2) is 0 Å². The molecular formula is C25H34N2O. The molecule has 150 valence electrons. The number of piperazine rings is 1. The van der Waals surface area contributed by atoms with E-state index >= 15 is 0 Å². The molecule has 2 fully saturated rings. The fourth-order valence-corrected chi connectivity index (χ4v) is 4.93. The van der Waals surface area contributed by atoms with E-state index in [1.165, 1.54) is 23.1 Å². The van der Waals surface area contributed by atoms with E-state index in [0.29, 0.717) is 0 Å². The van der Waals surface area contributed by atoms with Crippen molar-refractivity contribution in [3.05, 3.63) is 60.2 Å². The average Bonchev–Trinajstić information content (AvgIpc) is 2.74. The predicted molar refractivity (Wildman–Crippen MR) is 117 cm³/mol. The smallest absolute Gasteiger partial charge is 0.0728 e. The maximum Gasteiger partial charge on any atom is 0.0728 e. The molecule has 2 aromatic carbocycles. The van der Waals surface area contributed by atoms with E-state index in [1.54, 1.807) is 0 Å². The molecule has 2 aliphatic rings. The lowest BCUT2D eigenvalue weighted by molar-refractivity contribution is -0.0337. The van der Waals surface area contributed by atoms with Crippen LogP contribution in [0.2, 0.25) is 0 Å². The Labute approximate surface area is 170 Å². The molecule has 2 aromatic rings. The second-order valence-corrected chi connectivity index (χ2v) is 8.81. The number of likely N-dealkylation sites (N-methyl/N-ethyl adjacent to an activating group) is 1. The van der Waals surface area contributed by atoms with Crippen molar-refractivity contribution in [1.82, 2.24) is 9.80 Å². The van der Waals surface area contributed by atoms with Crippen LogP contribution < -0.4 is 0 Å². The third-order valence-corrected chi connectivity index (χ3v) is 6.82. The molecule has 0 radical (unpaired) electrons. The number of hydrogen-bond acceptors (Lipinski definition) is 3. The summed E-state index contributed by atoms with van der Waals surface area (Å²) in [6.45, 7) is 5.42. The summed E-state index contributed by atoms with van der Waals surface area (Å²) in [4.78, 5) is 4.96. The van der Waals surface area contributed by atoms with Crippen LogP contribution in [0.5, 0.6) is 0 Å². The van der Waals surface area contributed by atoms with Crippen molar-refractivity contribution in [2.45, 2.75) is 43.6 Å². The van der Waals surface area contributed by atoms with Crippen LogP contribution in [0, 0.1) is 0 Å². The van der Waals surface area contributed by atoms with Crippen LogP contribution in [0.15, 0.2) is 54.6 Å². The van der Waals surface area contributed by atoms with Crippen LogP contribution in [0.25, 0.3) is 11.1 Å². The van der Waals surface area contributed by atoms with Crippen molar-refractivity contribution in [2.24, 2.45) is 0 Å². The maximum absolute atomic E-state index is 11.6. The second-order valence-electron chi connectivity index (χ2n) is 8.81. The standard InChI is InChI=1S/C25H34N2O/c1-26-16-18-27(19-17-26)20-24(25(28)14-6-3-7-15-25)23-12-10-22(11-13-23)21-8-4-2-5-9-21/h2,4-5,8-13,24,28H,3,6-7,14-20H2,1H3. The highest BCUT2D eigenvalue weighted by Crippen LogP contribution is 2.41. The highest BCUT2D eigenvalue weighted by Gasteiger charge is 2.39. The summed E-state index contributed by atoms with van der Waals surface area (Å²) in [5.74, 6) is 0.195. The fourth-order valence-electron chi connectivity index (χ4n) is 4.93. The molecule has 3 nitrogen and oxygen atoms in total. The summed E-state index contributed by atoms with van der Waals surface area (Å²) < 4.78 is 0. The van der Waals surface area contributed by atoms with E-state index in [1.807, 2.05) is 0 Å². The van der Waals surface area contributed by atoms with Gasteiger partial charge in [0.1, 0.15) is 0 Å². The van der Waals surface area contributed by atoms with E-state index < -0.39 is 5.60 Å². The average molecular weight is 379 g/mol. The Hall–Kier alpha value is -1.68. The van der Waals surface area contributed by atoms with Gasteiger partial charge in [-0.15, -0.1) is 0 Å². The molecule has 1 aliphatic carbocycles. The third kappa shape index (κ3) is 4.48. The summed E-state index contributed by atoms with van der Waals surface area (Å²) in [7, 11) is 2.20. The maximum atomic E-state index is 11.6. The van der Waals surface area contributed by atoms with Gasteiger partial charge < -0.3 is 14.9 Å². The molecular weight excluding hydrogens is 344 g/mol. The van der Waals surface area contributed by atoms with Gasteiger partial charge in [-0.05, 0) is 36.6 Å². The minimum atomic E-state index is -0.560. The van der Waals surface area contributed by atoms with Crippen molar-refractivity contribution in [1.29, 1.82) is 0 Å². The monoisotopic (exact) mass is 378 g/mol. The second kappa shape index (κ2) is 8.77. The lowest BCUT2D eigenvalue weighted by Gasteiger charge is -2.43. The molecule has 3 heteroatoms. The Kier molecular flexibility index (Phi) is 6.15. The van der Waals surface area contributed by atoms with Gasteiger partial charge in [0.25, 0.3) is 0 Å². The molecule has 1 heterocycles. The first kappa shape index (κ1) is 19.6. The van der Waals surface area contributed by atoms with Crippen LogP contribution in [0.1, 0.15) is 43.6 Å². The summed E-state index contributed by atoms with van der Waals surface area (Å²) in [5, 5.41) is 11.6. The quantitative estimate of drug-likeness (QED) is 0.836. The highest BCUT2D eigenvalue weighted by atomic mass is 16.3. The Balaban J connectivity index is 1.57. The summed E-state index contributed by atoms with van der Waals surface area (Å²) >= 11 is 0. The molecule has 1 saturated heterocycles. The normalized spacial score (nSPS) is 22.1. The minimum absolute atomic E-state index is 0.195. The third-order valence-electron chi connectivity index (χ3n) is 6.82. The Bertz CT molecular complexity index is 729. The lowest BCUT2D eigenvalue weighted by atomic mass is 9.72. The molecule has 1 N–H and O–H groups in total. The topological polar surface area (TPSA) is 26.7 Å². The van der Waals surface area contributed by atoms with E-state index in [2.05, 4.69) is 71.4 Å². The number of rotatable bonds is 5. The van der Waals surface area contributed by atoms with Crippen molar-refractivity contribution >= 4 is 0 Å². The lowest BCUT2D eigenvalue weighted by Crippen LogP contribution is -2.50. The van der Waals surface area contributed by atoms with E-state index in [0.717, 1.165) is 58.4 Å². The predicted octanol–water partition coefficient (Wildman–Crippen LogP) is 4.38. The zero-order valence-electron chi connectivity index (χ0n) is 17.2. The Morgan fingerprint density at radius 1 is 0.821 bits per heavy atom. The van der Waals surface area contributed by atoms with Crippen molar-refractivity contribution in [3.63, 3.8) is 0 Å². The number of aliphatic hydroxyl groups is 1. The van der Waals surface area contributed by atoms with Crippen LogP contribution in [0.3, 0.4) is 0 Å². The van der Waals surface area contributed by atoms with Crippen molar-refractivity contribution in [3.8, 4) is 11.1 Å². The molecule has 0 spiro atoms. The fraction of sp³-hybridized carbons (Fsp3) is 0.520. The van der Waals surface area contributed by atoms with Gasteiger partial charge in [0.05, 0.1) is 5.60 Å². The molecule has 0 aromatic heterocycles. The van der Waals surface area contributed by atoms with Gasteiger partial charge >= 0.3 is 0 Å². The van der Waals surface area contributed by atoms with E-state index in [4.69, 9.17) is 0 Å². The molecule has 28 heavy (non-hydrogen) atoms. The highest BCUT2D eigenvalue weighted by molar-refractivity contribution is 5.63. The SMILES string of the molecule is CN1CCN(CC(c2ccc(-c3ccccc3)cc2)C2(O)CCCCC2)CC1. The van der Waals surface area contributed by atoms with Gasteiger partial charge in [0.15, 0.2) is 0 Å². The zero-order chi connectivity index (χ0) is 19.4. The molecule has 4 rings (SSSR count). The van der Waals surface area contributed by atoms with Gasteiger partial charge in [-0.1, -0.05) is 73.9 Å². The Morgan fingerprint density at radius 2 is 1.43 bits per heavy atom. The molecule has 1 atom stereocenters. The van der Waals surface area contributed by atoms with Gasteiger partial charge in [-0.2, -0.15) is 0 Å². The minimum Gasteiger partial charge on any atom is -0.389 e. The largest absolute Gasteiger partial charge is 0.389 e. The van der Waals surface area contributed by atoms with Gasteiger partial charge in [0.2, 0.25) is 0 Å². The number of nitrogens with zero attached hydrogens (tertiary/aromatic N) is 2. The van der Waals surface area contributed by atoms with Crippen molar-refractivity contribution in [2.75, 3.05) is 39.8 Å². The first-order valence-corrected chi connectivity index (χ1v) is 10.9. The molecule has 1 unspecified atom stereocenters. The van der Waals surface area contributed by atoms with Crippen LogP contribution in [-0.4, -0.2) is 60.3 Å². The van der Waals surface area contributed by atoms with E-state index in [9.17, 15) is 5.11 Å². The molecule has 0 amide bonds. The van der Waals surface area contributed by atoms with Crippen LogP contribution in [-0.2, 0) is 0 Å². The zero-order valence-corrected chi connectivity index (χ0v) is 17.2. The Morgan fingerprint density at radius 3 is 2.07 bits per heavy atom. The summed E-state index contributed by atoms with van der Waals surface area (Å²) in [6.07, 6.45) is 5.43. The van der Waals surface area contributed by atoms with Crippen LogP contribution >= 0.6 is 0 Å². The van der Waals surface area contributed by atoms with Crippen molar-refractivity contribution < 1.29 is 5.11 Å². The first-order valence-electron chi connectivity index (χ1n) is 10.9. The number of hydrogen-bond donors (Lipinski definition) is 1. The summed E-state index contributed by atoms with van der Waals surface area (Å²) in [6, 6.07) is 19.5. The van der Waals surface area contributed by atoms with E-state index in [-0.39, 0.29) is 5.92 Å². The molecule has 1 aliphatic heterocycles. The summed E-state index contributed by atoms with van der Waals surface area (Å²) in [5.41, 5.74) is 3.23. The van der Waals surface area contributed by atoms with Crippen LogP contribution in [0.4, 0.5) is 0 Å². The van der Waals surface area contributed by atoms with Gasteiger partial charge in [0, 0.05) is 38.6 Å².